The van der Waals surface area contributed by atoms with Crippen LogP contribution in [0.3, 0.4) is 0 Å². The Morgan fingerprint density at radius 1 is 0.365 bits per heavy atom. The van der Waals surface area contributed by atoms with E-state index in [2.05, 4.69) is 43.2 Å². The molecule has 0 aromatic carbocycles. The molecule has 0 atom stereocenters. The van der Waals surface area contributed by atoms with Crippen molar-refractivity contribution in [2.75, 3.05) is 62.7 Å². The van der Waals surface area contributed by atoms with Crippen LogP contribution in [0.5, 0.6) is 0 Å². The van der Waals surface area contributed by atoms with Crippen molar-refractivity contribution in [3.63, 3.8) is 0 Å². The summed E-state index contributed by atoms with van der Waals surface area (Å²) in [6, 6.07) is 1.92. The van der Waals surface area contributed by atoms with Gasteiger partial charge in [-0.3, -0.25) is 0 Å². The van der Waals surface area contributed by atoms with Gasteiger partial charge in [-0.25, -0.2) is 0 Å². The van der Waals surface area contributed by atoms with Crippen LogP contribution in [-0.4, -0.2) is 80.3 Å². The zero-order valence-corrected chi connectivity index (χ0v) is 40.2. The molecule has 1 aliphatic rings. The molecule has 0 spiro atoms. The molecule has 1 aliphatic carbocycles. The zero-order valence-electron chi connectivity index (χ0n) is 34.9. The van der Waals surface area contributed by atoms with Crippen LogP contribution in [0.2, 0.25) is 12.1 Å². The summed E-state index contributed by atoms with van der Waals surface area (Å²) in [6.07, 6.45) is 28.6. The summed E-state index contributed by atoms with van der Waals surface area (Å²) in [4.78, 5) is 0. The molecule has 0 radical (unpaired) electrons. The Balaban J connectivity index is 2.05. The van der Waals surface area contributed by atoms with Crippen molar-refractivity contribution >= 4 is 60.8 Å². The van der Waals surface area contributed by atoms with Gasteiger partial charge in [0.15, 0.2) is 0 Å². The molecule has 1 saturated carbocycles. The first-order valence-electron chi connectivity index (χ1n) is 21.8. The molecule has 1 rings (SSSR count). The fourth-order valence-corrected chi connectivity index (χ4v) is 17.6. The van der Waals surface area contributed by atoms with Gasteiger partial charge in [-0.1, -0.05) is 127 Å². The molecule has 1 fully saturated rings. The minimum atomic E-state index is -2.45. The van der Waals surface area contributed by atoms with Crippen molar-refractivity contribution < 1.29 is 26.6 Å². The van der Waals surface area contributed by atoms with Crippen LogP contribution in [0.4, 0.5) is 0 Å². The fraction of sp³-hybridized carbons (Fsp3) is 1.00. The number of hydrogen-bond donors (Lipinski definition) is 0. The number of unbranched alkanes of at least 4 members (excludes halogenated alkanes) is 12. The topological polar surface area (TPSA) is 55.4 Å². The highest BCUT2D eigenvalue weighted by Gasteiger charge is 2.40. The Kier molecular flexibility index (Phi) is 35.5. The molecule has 0 unspecified atom stereocenters. The summed E-state index contributed by atoms with van der Waals surface area (Å²) in [5.74, 6) is 5.31. The molecular formula is C40H84O6S4Si2. The van der Waals surface area contributed by atoms with Gasteiger partial charge >= 0.3 is 17.6 Å². The average molecular weight is 846 g/mol. The number of rotatable bonds is 40. The van der Waals surface area contributed by atoms with Gasteiger partial charge in [-0.15, -0.1) is 0 Å². The highest BCUT2D eigenvalue weighted by atomic mass is 33.1. The summed E-state index contributed by atoms with van der Waals surface area (Å²) >= 11 is 0. The van der Waals surface area contributed by atoms with Crippen molar-refractivity contribution in [2.45, 2.75) is 188 Å². The second-order valence-electron chi connectivity index (χ2n) is 14.3. The van der Waals surface area contributed by atoms with Gasteiger partial charge in [-0.2, -0.15) is 0 Å². The molecule has 0 amide bonds. The van der Waals surface area contributed by atoms with E-state index in [-0.39, 0.29) is 0 Å². The summed E-state index contributed by atoms with van der Waals surface area (Å²) in [6.45, 7) is 16.3. The van der Waals surface area contributed by atoms with Crippen molar-refractivity contribution in [1.29, 1.82) is 0 Å². The van der Waals surface area contributed by atoms with E-state index in [9.17, 15) is 0 Å². The molecule has 0 aliphatic heterocycles. The van der Waals surface area contributed by atoms with Crippen LogP contribution in [0.25, 0.3) is 0 Å². The maximum Gasteiger partial charge on any atom is 0.500 e. The minimum Gasteiger partial charge on any atom is -0.374 e. The summed E-state index contributed by atoms with van der Waals surface area (Å²) < 4.78 is 36.0. The largest absolute Gasteiger partial charge is 0.500 e. The Morgan fingerprint density at radius 3 is 0.981 bits per heavy atom. The van der Waals surface area contributed by atoms with Crippen molar-refractivity contribution in [1.82, 2.24) is 0 Å². The normalized spacial score (nSPS) is 15.1. The lowest BCUT2D eigenvalue weighted by atomic mass is 9.70. The van der Waals surface area contributed by atoms with Gasteiger partial charge in [0.05, 0.1) is 0 Å². The summed E-state index contributed by atoms with van der Waals surface area (Å²) in [7, 11) is 3.70. The zero-order chi connectivity index (χ0) is 37.9. The van der Waals surface area contributed by atoms with Crippen LogP contribution in [0.1, 0.15) is 176 Å². The van der Waals surface area contributed by atoms with Gasteiger partial charge in [0.1, 0.15) is 0 Å². The summed E-state index contributed by atoms with van der Waals surface area (Å²) in [5.41, 5.74) is 0.631. The molecule has 0 aromatic heterocycles. The lowest BCUT2D eigenvalue weighted by Crippen LogP contribution is -2.45. The quantitative estimate of drug-likeness (QED) is 0.0339. The molecule has 0 heterocycles. The maximum absolute atomic E-state index is 6.00. The third-order valence-corrected chi connectivity index (χ3v) is 21.4. The van der Waals surface area contributed by atoms with Crippen LogP contribution in [0.15, 0.2) is 0 Å². The SMILES string of the molecule is CCO[Si](CCCCCCCCCSSCCC1(CCSSCCCCCCCCC[Si](OCC)(OCC)OCC)CCCCC1)(OCC)OCC. The maximum atomic E-state index is 6.00. The van der Waals surface area contributed by atoms with Gasteiger partial charge in [0.2, 0.25) is 0 Å². The lowest BCUT2D eigenvalue weighted by Gasteiger charge is -2.37. The molecule has 0 bridgehead atoms. The van der Waals surface area contributed by atoms with Crippen LogP contribution < -0.4 is 0 Å². The van der Waals surface area contributed by atoms with E-state index in [4.69, 9.17) is 26.6 Å². The molecule has 0 saturated heterocycles. The minimum absolute atomic E-state index is 0.631. The molecule has 312 valence electrons. The van der Waals surface area contributed by atoms with Crippen LogP contribution >= 0.6 is 43.2 Å². The predicted molar refractivity (Wildman–Crippen MR) is 240 cm³/mol. The van der Waals surface area contributed by atoms with E-state index in [0.717, 1.165) is 24.9 Å². The monoisotopic (exact) mass is 844 g/mol. The Hall–Kier alpha value is 1.59. The van der Waals surface area contributed by atoms with Crippen molar-refractivity contribution in [3.05, 3.63) is 0 Å². The Bertz CT molecular complexity index is 682. The molecule has 0 aromatic rings. The third-order valence-electron chi connectivity index (χ3n) is 10.1. The van der Waals surface area contributed by atoms with Crippen molar-refractivity contribution in [3.8, 4) is 0 Å². The standard InChI is InChI=1S/C40H84O6S4Si2/c1-7-41-51(42-8-2,43-9-3)38-28-21-17-13-15-19-26-34-47-49-36-32-40(30-24-23-25-31-40)33-37-50-48-35-27-20-16-14-18-22-29-39-52(44-10-4,45-11-5)46-12-6/h7-39H2,1-6H3. The first-order chi connectivity index (χ1) is 25.5. The lowest BCUT2D eigenvalue weighted by molar-refractivity contribution is 0.0698. The fourth-order valence-electron chi connectivity index (χ4n) is 7.45. The molecule has 52 heavy (non-hydrogen) atoms. The number of hydrogen-bond acceptors (Lipinski definition) is 10. The first-order valence-corrected chi connectivity index (χ1v) is 30.6. The summed E-state index contributed by atoms with van der Waals surface area (Å²) in [5, 5.41) is 0. The van der Waals surface area contributed by atoms with E-state index < -0.39 is 17.6 Å². The first kappa shape index (κ1) is 51.6. The molecule has 0 N–H and O–H groups in total. The Morgan fingerprint density at radius 2 is 0.654 bits per heavy atom. The average Bonchev–Trinajstić information content (AvgIpc) is 3.13. The van der Waals surface area contributed by atoms with E-state index in [1.165, 1.54) is 145 Å². The van der Waals surface area contributed by atoms with Gasteiger partial charge in [0, 0.05) is 74.7 Å². The second kappa shape index (κ2) is 35.7. The molecular weight excluding hydrogens is 761 g/mol. The second-order valence-corrected chi connectivity index (χ2v) is 25.1. The van der Waals surface area contributed by atoms with E-state index in [0.29, 0.717) is 45.1 Å². The van der Waals surface area contributed by atoms with E-state index in [1.54, 1.807) is 0 Å². The highest BCUT2D eigenvalue weighted by molar-refractivity contribution is 8.77. The van der Waals surface area contributed by atoms with Gasteiger partial charge in [-0.05, 0) is 98.3 Å². The highest BCUT2D eigenvalue weighted by Crippen LogP contribution is 2.45. The van der Waals surface area contributed by atoms with Crippen LogP contribution in [-0.2, 0) is 26.6 Å². The van der Waals surface area contributed by atoms with E-state index >= 15 is 0 Å². The third kappa shape index (κ3) is 25.8. The smallest absolute Gasteiger partial charge is 0.374 e. The van der Waals surface area contributed by atoms with E-state index in [1.807, 2.05) is 41.5 Å². The van der Waals surface area contributed by atoms with Gasteiger partial charge < -0.3 is 26.6 Å². The van der Waals surface area contributed by atoms with Gasteiger partial charge in [0.25, 0.3) is 0 Å². The predicted octanol–water partition coefficient (Wildman–Crippen LogP) is 14.0. The Labute approximate surface area is 341 Å². The molecule has 12 heteroatoms. The van der Waals surface area contributed by atoms with Crippen molar-refractivity contribution in [2.24, 2.45) is 5.41 Å². The van der Waals surface area contributed by atoms with Crippen LogP contribution in [0, 0.1) is 5.41 Å². The molecule has 6 nitrogen and oxygen atoms in total.